The number of hydrogen-bond acceptors (Lipinski definition) is 14. The van der Waals surface area contributed by atoms with E-state index in [2.05, 4.69) is 16.9 Å². The zero-order valence-electron chi connectivity index (χ0n) is 31.2. The van der Waals surface area contributed by atoms with Crippen LogP contribution in [0.3, 0.4) is 0 Å². The molecule has 0 aromatic rings. The molecule has 3 fully saturated rings. The number of allylic oxidation sites excluding steroid dienone is 1. The molecule has 0 radical (unpaired) electrons. The van der Waals surface area contributed by atoms with E-state index in [1.807, 2.05) is 0 Å². The summed E-state index contributed by atoms with van der Waals surface area (Å²) in [5, 5.41) is 65.9. The maximum Gasteiger partial charge on any atom is 0.338 e. The molecule has 0 spiro atoms. The van der Waals surface area contributed by atoms with Crippen LogP contribution in [0.5, 0.6) is 0 Å². The van der Waals surface area contributed by atoms with E-state index in [-0.39, 0.29) is 43.9 Å². The van der Waals surface area contributed by atoms with Crippen molar-refractivity contribution in [3.63, 3.8) is 0 Å². The van der Waals surface area contributed by atoms with Gasteiger partial charge in [-0.1, -0.05) is 24.6 Å². The average Bonchev–Trinajstić information content (AvgIpc) is 3.14. The van der Waals surface area contributed by atoms with Gasteiger partial charge in [-0.3, -0.25) is 4.99 Å². The highest BCUT2D eigenvalue weighted by Gasteiger charge is 2.49. The Bertz CT molecular complexity index is 1310. The first-order chi connectivity index (χ1) is 25.9. The Morgan fingerprint density at radius 3 is 2.48 bits per heavy atom. The predicted molar refractivity (Wildman–Crippen MR) is 191 cm³/mol. The van der Waals surface area contributed by atoms with Crippen LogP contribution in [-0.2, 0) is 33.3 Å². The molecular weight excluding hydrogens is 708 g/mol. The van der Waals surface area contributed by atoms with E-state index in [0.29, 0.717) is 19.5 Å². The number of nitrogens with two attached hydrogens (primary N) is 1. The molecule has 0 aromatic heterocycles. The lowest BCUT2D eigenvalue weighted by molar-refractivity contribution is -0.911. The van der Waals surface area contributed by atoms with E-state index in [0.717, 1.165) is 37.0 Å². The normalized spacial score (nSPS) is 35.3. The number of carbonyl (C=O) groups is 2. The number of aliphatic hydroxyl groups excluding tert-OH is 5. The number of aliphatic hydroxyl groups is 5. The Hall–Kier alpha value is -3.13. The van der Waals surface area contributed by atoms with Gasteiger partial charge in [0.15, 0.2) is 12.2 Å². The molecule has 3 aliphatic heterocycles. The van der Waals surface area contributed by atoms with Crippen molar-refractivity contribution in [3.8, 4) is 0 Å². The second-order valence-electron chi connectivity index (χ2n) is 14.7. The number of nitrogens with zero attached hydrogens (tertiary/aromatic N) is 1. The number of guanidine groups is 1. The van der Waals surface area contributed by atoms with Crippen LogP contribution in [0.4, 0.5) is 0 Å². The number of rotatable bonds is 17. The molecule has 3 heterocycles. The third kappa shape index (κ3) is 11.5. The first-order valence-electron chi connectivity index (χ1n) is 19.1. The summed E-state index contributed by atoms with van der Waals surface area (Å²) in [7, 11) is 0. The molecule has 12 unspecified atom stereocenters. The number of ether oxygens (including phenoxy) is 5. The number of likely N-dealkylation sites (tertiary alicyclic amines) is 1. The Kier molecular flexibility index (Phi) is 17.2. The SMILES string of the molecule is C=CC1C(OC2OC(CO)C(O)C(O)C2OC(C)C)OC=C(C(=O)OC2CCCCC2)C1C=CC1C[NH+](CCO)CC(C(=O)[O-])C1NC(N)=NCCCO. The van der Waals surface area contributed by atoms with Gasteiger partial charge in [-0.25, -0.2) is 4.79 Å². The molecular formula is C37H60N4O13. The molecule has 0 aromatic carbocycles. The van der Waals surface area contributed by atoms with Crippen molar-refractivity contribution in [2.75, 3.05) is 46.0 Å². The molecule has 9 N–H and O–H groups in total. The van der Waals surface area contributed by atoms with Gasteiger partial charge >= 0.3 is 5.97 Å². The maximum atomic E-state index is 13.8. The topological polar surface area (TPSA) is 259 Å². The highest BCUT2D eigenvalue weighted by atomic mass is 16.8. The number of carbonyl (C=O) groups excluding carboxylic acids is 2. The van der Waals surface area contributed by atoms with Crippen LogP contribution < -0.4 is 21.1 Å². The van der Waals surface area contributed by atoms with Crippen LogP contribution in [-0.4, -0.2) is 145 Å². The first kappa shape index (κ1) is 43.6. The van der Waals surface area contributed by atoms with Crippen LogP contribution in [0.25, 0.3) is 0 Å². The van der Waals surface area contributed by atoms with Crippen molar-refractivity contribution in [2.45, 2.75) is 108 Å². The second-order valence-corrected chi connectivity index (χ2v) is 14.7. The number of carboxylic acid groups (broad SMARTS) is 1. The Morgan fingerprint density at radius 2 is 1.85 bits per heavy atom. The standard InChI is InChI=1S/C37H60N4O13/c1-4-24-25(12-11-22-17-41(14-16-43)18-26(33(47)48)29(22)40-37(38)39-13-8-15-42)27(34(49)52-23-9-6-5-7-10-23)20-50-35(24)54-36-32(51-21(2)3)31(46)30(45)28(19-44)53-36/h4,11-12,20-26,28-32,35-36,42-46H,1,5-10,13-19H2,2-3H3,(H,47,48)(H3,38,39,40). The van der Waals surface area contributed by atoms with Gasteiger partial charge in [-0.2, -0.15) is 0 Å². The van der Waals surface area contributed by atoms with Crippen LogP contribution in [0.1, 0.15) is 52.4 Å². The van der Waals surface area contributed by atoms with Gasteiger partial charge < -0.3 is 75.1 Å². The fraction of sp³-hybridized carbons (Fsp3) is 0.757. The van der Waals surface area contributed by atoms with Crippen molar-refractivity contribution in [3.05, 3.63) is 36.6 Å². The minimum absolute atomic E-state index is 0.00277. The molecule has 17 heteroatoms. The monoisotopic (exact) mass is 768 g/mol. The lowest BCUT2D eigenvalue weighted by Crippen LogP contribution is -3.16. The van der Waals surface area contributed by atoms with Crippen molar-refractivity contribution < 1.29 is 68.8 Å². The largest absolute Gasteiger partial charge is 0.550 e. The molecule has 17 nitrogen and oxygen atoms in total. The van der Waals surface area contributed by atoms with E-state index in [9.17, 15) is 40.2 Å². The molecule has 4 aliphatic rings. The number of piperidine rings is 1. The van der Waals surface area contributed by atoms with Gasteiger partial charge in [0.2, 0.25) is 6.29 Å². The highest BCUT2D eigenvalue weighted by molar-refractivity contribution is 5.89. The van der Waals surface area contributed by atoms with Crippen molar-refractivity contribution in [2.24, 2.45) is 34.4 Å². The summed E-state index contributed by atoms with van der Waals surface area (Å²) < 4.78 is 30.0. The lowest BCUT2D eigenvalue weighted by atomic mass is 9.79. The molecule has 12 atom stereocenters. The van der Waals surface area contributed by atoms with Gasteiger partial charge in [0.1, 0.15) is 37.1 Å². The molecule has 2 saturated heterocycles. The molecule has 0 bridgehead atoms. The quantitative estimate of drug-likeness (QED) is 0.0239. The van der Waals surface area contributed by atoms with Gasteiger partial charge in [0.25, 0.3) is 0 Å². The smallest absolute Gasteiger partial charge is 0.338 e. The number of aliphatic carboxylic acids is 1. The average molecular weight is 769 g/mol. The summed E-state index contributed by atoms with van der Waals surface area (Å²) in [6.07, 6.45) is 2.68. The third-order valence-electron chi connectivity index (χ3n) is 10.4. The van der Waals surface area contributed by atoms with Crippen LogP contribution in [0.15, 0.2) is 41.6 Å². The Morgan fingerprint density at radius 1 is 1.11 bits per heavy atom. The zero-order valence-corrected chi connectivity index (χ0v) is 31.2. The van der Waals surface area contributed by atoms with Gasteiger partial charge in [0, 0.05) is 25.0 Å². The summed E-state index contributed by atoms with van der Waals surface area (Å²) in [5.74, 6) is -5.00. The lowest BCUT2D eigenvalue weighted by Gasteiger charge is -2.45. The van der Waals surface area contributed by atoms with Crippen LogP contribution >= 0.6 is 0 Å². The number of hydrogen-bond donors (Lipinski definition) is 8. The maximum absolute atomic E-state index is 13.8. The van der Waals surface area contributed by atoms with Gasteiger partial charge in [-0.15, -0.1) is 6.58 Å². The van der Waals surface area contributed by atoms with Crippen LogP contribution in [0.2, 0.25) is 0 Å². The molecule has 1 aliphatic carbocycles. The van der Waals surface area contributed by atoms with Crippen molar-refractivity contribution in [1.29, 1.82) is 0 Å². The number of aliphatic imine (C=N–C) groups is 1. The molecule has 54 heavy (non-hydrogen) atoms. The fourth-order valence-corrected chi connectivity index (χ4v) is 7.66. The van der Waals surface area contributed by atoms with E-state index < -0.39 is 91.4 Å². The summed E-state index contributed by atoms with van der Waals surface area (Å²) in [6, 6.07) is -0.782. The fourth-order valence-electron chi connectivity index (χ4n) is 7.66. The van der Waals surface area contributed by atoms with Crippen molar-refractivity contribution in [1.82, 2.24) is 5.32 Å². The summed E-state index contributed by atoms with van der Waals surface area (Å²) >= 11 is 0. The molecule has 4 rings (SSSR count). The number of esters is 1. The predicted octanol–water partition coefficient (Wildman–Crippen LogP) is -3.15. The van der Waals surface area contributed by atoms with E-state index >= 15 is 0 Å². The number of carboxylic acids is 1. The zero-order chi connectivity index (χ0) is 39.4. The van der Waals surface area contributed by atoms with Crippen molar-refractivity contribution >= 4 is 17.9 Å². The first-order valence-corrected chi connectivity index (χ1v) is 19.1. The van der Waals surface area contributed by atoms with E-state index in [1.165, 1.54) is 6.26 Å². The minimum Gasteiger partial charge on any atom is -0.550 e. The number of quaternary nitrogens is 1. The summed E-state index contributed by atoms with van der Waals surface area (Å²) in [6.45, 7) is 7.69. The minimum atomic E-state index is -1.47. The van der Waals surface area contributed by atoms with Gasteiger partial charge in [-0.05, 0) is 46.0 Å². The Labute approximate surface area is 316 Å². The molecule has 0 amide bonds. The van der Waals surface area contributed by atoms with Crippen LogP contribution in [0, 0.1) is 23.7 Å². The molecule has 1 saturated carbocycles. The third-order valence-corrected chi connectivity index (χ3v) is 10.4. The number of nitrogens with one attached hydrogen (secondary N) is 2. The Balaban J connectivity index is 1.70. The van der Waals surface area contributed by atoms with E-state index in [1.54, 1.807) is 32.1 Å². The highest BCUT2D eigenvalue weighted by Crippen LogP contribution is 2.38. The second kappa shape index (κ2) is 21.2. The summed E-state index contributed by atoms with van der Waals surface area (Å²) in [4.78, 5) is 31.4. The van der Waals surface area contributed by atoms with E-state index in [4.69, 9.17) is 29.4 Å². The molecule has 306 valence electrons. The van der Waals surface area contributed by atoms with Gasteiger partial charge in [0.05, 0.1) is 68.1 Å². The summed E-state index contributed by atoms with van der Waals surface area (Å²) in [5.41, 5.74) is 6.34.